The fraction of sp³-hybridized carbons (Fsp3) is 0.263. The quantitative estimate of drug-likeness (QED) is 0.414. The van der Waals surface area contributed by atoms with Gasteiger partial charge >= 0.3 is 0 Å². The number of thioether (sulfide) groups is 1. The number of hydrogen-bond acceptors (Lipinski definition) is 7. The Kier molecular flexibility index (Phi) is 7.07. The summed E-state index contributed by atoms with van der Waals surface area (Å²) in [6.07, 6.45) is 0.663. The highest BCUT2D eigenvalue weighted by atomic mass is 32.2. The van der Waals surface area contributed by atoms with Crippen LogP contribution in [-0.4, -0.2) is 38.4 Å². The Morgan fingerprint density at radius 3 is 2.67 bits per heavy atom. The van der Waals surface area contributed by atoms with E-state index < -0.39 is 23.7 Å². The fourth-order valence-electron chi connectivity index (χ4n) is 2.44. The molecule has 0 bridgehead atoms. The maximum absolute atomic E-state index is 12.9. The molecule has 1 atom stereocenters. The Labute approximate surface area is 176 Å². The minimum absolute atomic E-state index is 0.0176. The van der Waals surface area contributed by atoms with Gasteiger partial charge in [-0.25, -0.2) is 4.39 Å². The van der Waals surface area contributed by atoms with Crippen LogP contribution in [-0.2, 0) is 16.1 Å². The maximum Gasteiger partial charge on any atom is 0.279 e. The van der Waals surface area contributed by atoms with E-state index in [0.717, 1.165) is 0 Å². The monoisotopic (exact) mass is 433 g/mol. The maximum atomic E-state index is 12.9. The summed E-state index contributed by atoms with van der Waals surface area (Å²) in [5.41, 5.74) is 4.62. The summed E-state index contributed by atoms with van der Waals surface area (Å²) in [5.74, 6) is 0.145. The zero-order valence-electron chi connectivity index (χ0n) is 16.3. The molecule has 0 aliphatic carbocycles. The highest BCUT2D eigenvalue weighted by molar-refractivity contribution is 7.99. The molecule has 158 valence electrons. The van der Waals surface area contributed by atoms with Gasteiger partial charge in [-0.05, 0) is 50.2 Å². The zero-order chi connectivity index (χ0) is 21.5. The minimum atomic E-state index is -0.887. The molecule has 3 rings (SSSR count). The van der Waals surface area contributed by atoms with Crippen LogP contribution in [0.3, 0.4) is 0 Å². The minimum Gasteiger partial charge on any atom is -0.481 e. The number of nitrogens with zero attached hydrogens (tertiary/aromatic N) is 3. The van der Waals surface area contributed by atoms with E-state index in [1.54, 1.807) is 18.4 Å². The van der Waals surface area contributed by atoms with Gasteiger partial charge in [0.1, 0.15) is 11.6 Å². The van der Waals surface area contributed by atoms with E-state index in [2.05, 4.69) is 21.0 Å². The topological polar surface area (TPSA) is 111 Å². The second-order valence-corrected chi connectivity index (χ2v) is 7.01. The van der Waals surface area contributed by atoms with Crippen molar-refractivity contribution in [2.24, 2.45) is 0 Å². The predicted molar refractivity (Wildman–Crippen MR) is 107 cm³/mol. The molecule has 2 heterocycles. The van der Waals surface area contributed by atoms with Crippen LogP contribution in [0, 0.1) is 5.82 Å². The molecule has 0 fully saturated rings. The van der Waals surface area contributed by atoms with Crippen LogP contribution in [0.25, 0.3) is 11.6 Å². The van der Waals surface area contributed by atoms with E-state index in [1.165, 1.54) is 43.0 Å². The van der Waals surface area contributed by atoms with Gasteiger partial charge in [0, 0.05) is 6.54 Å². The molecular weight excluding hydrogens is 413 g/mol. The number of aromatic nitrogens is 3. The predicted octanol–water partition coefficient (Wildman–Crippen LogP) is 2.40. The molecule has 3 aromatic rings. The van der Waals surface area contributed by atoms with Crippen molar-refractivity contribution in [1.29, 1.82) is 0 Å². The molecule has 0 saturated heterocycles. The number of hydrogen-bond donors (Lipinski definition) is 2. The molecule has 0 aliphatic rings. The molecule has 0 radical (unpaired) electrons. The average Bonchev–Trinajstić information content (AvgIpc) is 3.41. The van der Waals surface area contributed by atoms with Crippen molar-refractivity contribution in [2.45, 2.75) is 31.7 Å². The normalized spacial score (nSPS) is 11.7. The van der Waals surface area contributed by atoms with Gasteiger partial charge in [0.15, 0.2) is 22.8 Å². The van der Waals surface area contributed by atoms with Crippen LogP contribution in [0.15, 0.2) is 52.2 Å². The molecule has 1 aromatic carbocycles. The standard InChI is InChI=1S/C19H20FN5O4S/c1-3-25-17(15-5-4-10-28-15)22-24-19(25)30-11-16(26)21-23-18(27)12(2)29-14-8-6-13(20)7-9-14/h4-10,12H,3,11H2,1-2H3,(H,21,26)(H,23,27). The van der Waals surface area contributed by atoms with Gasteiger partial charge in [0.05, 0.1) is 12.0 Å². The first kappa shape index (κ1) is 21.4. The Hall–Kier alpha value is -3.34. The molecule has 30 heavy (non-hydrogen) atoms. The molecule has 11 heteroatoms. The van der Waals surface area contributed by atoms with Gasteiger partial charge in [0.2, 0.25) is 5.91 Å². The van der Waals surface area contributed by atoms with Gasteiger partial charge in [0.25, 0.3) is 5.91 Å². The van der Waals surface area contributed by atoms with Gasteiger partial charge in [-0.15, -0.1) is 10.2 Å². The van der Waals surface area contributed by atoms with Crippen molar-refractivity contribution < 1.29 is 23.1 Å². The van der Waals surface area contributed by atoms with Crippen LogP contribution < -0.4 is 15.6 Å². The second kappa shape index (κ2) is 9.92. The third kappa shape index (κ3) is 5.38. The first-order chi connectivity index (χ1) is 14.5. The van der Waals surface area contributed by atoms with E-state index in [4.69, 9.17) is 9.15 Å². The Morgan fingerprint density at radius 1 is 1.23 bits per heavy atom. The molecule has 0 saturated carbocycles. The van der Waals surface area contributed by atoms with Gasteiger partial charge in [-0.2, -0.15) is 0 Å². The smallest absolute Gasteiger partial charge is 0.279 e. The van der Waals surface area contributed by atoms with Crippen molar-refractivity contribution in [2.75, 3.05) is 5.75 Å². The Balaban J connectivity index is 1.47. The van der Waals surface area contributed by atoms with Crippen molar-refractivity contribution in [1.82, 2.24) is 25.6 Å². The molecule has 2 N–H and O–H groups in total. The molecule has 1 unspecified atom stereocenters. The molecule has 0 aliphatic heterocycles. The largest absolute Gasteiger partial charge is 0.481 e. The molecular formula is C19H20FN5O4S. The lowest BCUT2D eigenvalue weighted by atomic mass is 10.3. The lowest BCUT2D eigenvalue weighted by Gasteiger charge is -2.15. The van der Waals surface area contributed by atoms with Crippen LogP contribution in [0.2, 0.25) is 0 Å². The number of hydrazine groups is 1. The zero-order valence-corrected chi connectivity index (χ0v) is 17.1. The number of halogens is 1. The van der Waals surface area contributed by atoms with Crippen molar-refractivity contribution in [3.63, 3.8) is 0 Å². The van der Waals surface area contributed by atoms with Crippen LogP contribution in [0.1, 0.15) is 13.8 Å². The van der Waals surface area contributed by atoms with Gasteiger partial charge < -0.3 is 9.15 Å². The Morgan fingerprint density at radius 2 is 2.00 bits per heavy atom. The third-order valence-electron chi connectivity index (χ3n) is 3.93. The number of furan rings is 1. The second-order valence-electron chi connectivity index (χ2n) is 6.07. The van der Waals surface area contributed by atoms with Gasteiger partial charge in [-0.3, -0.25) is 25.0 Å². The van der Waals surface area contributed by atoms with E-state index in [9.17, 15) is 14.0 Å². The number of nitrogens with one attached hydrogen (secondary N) is 2. The summed E-state index contributed by atoms with van der Waals surface area (Å²) in [5, 5.41) is 8.75. The average molecular weight is 433 g/mol. The van der Waals surface area contributed by atoms with E-state index in [0.29, 0.717) is 29.0 Å². The van der Waals surface area contributed by atoms with Crippen LogP contribution in [0.4, 0.5) is 4.39 Å². The van der Waals surface area contributed by atoms with Crippen molar-refractivity contribution in [3.8, 4) is 17.3 Å². The van der Waals surface area contributed by atoms with Crippen LogP contribution >= 0.6 is 11.8 Å². The number of carbonyl (C=O) groups excluding carboxylic acids is 2. The number of benzene rings is 1. The van der Waals surface area contributed by atoms with E-state index in [-0.39, 0.29) is 5.75 Å². The first-order valence-electron chi connectivity index (χ1n) is 9.08. The van der Waals surface area contributed by atoms with E-state index in [1.807, 2.05) is 11.5 Å². The first-order valence-corrected chi connectivity index (χ1v) is 10.1. The molecule has 0 spiro atoms. The SMILES string of the molecule is CCn1c(SCC(=O)NNC(=O)C(C)Oc2ccc(F)cc2)nnc1-c1ccco1. The number of ether oxygens (including phenoxy) is 1. The number of carbonyl (C=O) groups is 2. The van der Waals surface area contributed by atoms with Crippen molar-refractivity contribution in [3.05, 3.63) is 48.5 Å². The number of amides is 2. The molecule has 2 aromatic heterocycles. The summed E-state index contributed by atoms with van der Waals surface area (Å²) in [6.45, 7) is 4.05. The molecule has 9 nitrogen and oxygen atoms in total. The fourth-order valence-corrected chi connectivity index (χ4v) is 3.24. The van der Waals surface area contributed by atoms with E-state index >= 15 is 0 Å². The third-order valence-corrected chi connectivity index (χ3v) is 4.89. The summed E-state index contributed by atoms with van der Waals surface area (Å²) in [6, 6.07) is 8.82. The highest BCUT2D eigenvalue weighted by Crippen LogP contribution is 2.24. The van der Waals surface area contributed by atoms with Crippen LogP contribution in [0.5, 0.6) is 5.75 Å². The lowest BCUT2D eigenvalue weighted by Crippen LogP contribution is -2.47. The summed E-state index contributed by atoms with van der Waals surface area (Å²) < 4.78 is 25.5. The lowest BCUT2D eigenvalue weighted by molar-refractivity contribution is -0.131. The summed E-state index contributed by atoms with van der Waals surface area (Å²) in [4.78, 5) is 24.1. The number of rotatable bonds is 8. The summed E-state index contributed by atoms with van der Waals surface area (Å²) in [7, 11) is 0. The van der Waals surface area contributed by atoms with Gasteiger partial charge in [-0.1, -0.05) is 11.8 Å². The summed E-state index contributed by atoms with van der Waals surface area (Å²) >= 11 is 1.18. The Bertz CT molecular complexity index is 991. The highest BCUT2D eigenvalue weighted by Gasteiger charge is 2.18. The van der Waals surface area contributed by atoms with Crippen molar-refractivity contribution >= 4 is 23.6 Å². The molecule has 2 amide bonds.